The lowest BCUT2D eigenvalue weighted by molar-refractivity contribution is 0.0241. The quantitative estimate of drug-likeness (QED) is 0.869. The van der Waals surface area contributed by atoms with Crippen molar-refractivity contribution in [2.45, 2.75) is 46.3 Å². The van der Waals surface area contributed by atoms with E-state index in [-0.39, 0.29) is 23.4 Å². The Morgan fingerprint density at radius 3 is 2.22 bits per heavy atom. The lowest BCUT2D eigenvalue weighted by Crippen LogP contribution is -2.28. The molecule has 2 N–H and O–H groups in total. The molecule has 0 aromatic heterocycles. The minimum absolute atomic E-state index is 0.115. The number of ether oxygens (including phenoxy) is 1. The van der Waals surface area contributed by atoms with Crippen molar-refractivity contribution < 1.29 is 9.13 Å². The summed E-state index contributed by atoms with van der Waals surface area (Å²) in [6.07, 6.45) is 0.796. The zero-order valence-corrected chi connectivity index (χ0v) is 11.7. The van der Waals surface area contributed by atoms with E-state index in [4.69, 9.17) is 10.5 Å². The van der Waals surface area contributed by atoms with Crippen molar-refractivity contribution in [1.82, 2.24) is 0 Å². The molecule has 1 aromatic rings. The highest BCUT2D eigenvalue weighted by atomic mass is 19.1. The smallest absolute Gasteiger partial charge is 0.123 e. The molecule has 0 bridgehead atoms. The van der Waals surface area contributed by atoms with Crippen molar-refractivity contribution in [1.29, 1.82) is 0 Å². The molecule has 1 aromatic carbocycles. The van der Waals surface area contributed by atoms with Gasteiger partial charge in [-0.15, -0.1) is 0 Å². The predicted molar refractivity (Wildman–Crippen MR) is 72.8 cm³/mol. The third kappa shape index (κ3) is 5.15. The van der Waals surface area contributed by atoms with Gasteiger partial charge < -0.3 is 10.5 Å². The Balaban J connectivity index is 2.63. The van der Waals surface area contributed by atoms with Crippen LogP contribution in [-0.4, -0.2) is 12.6 Å². The Morgan fingerprint density at radius 2 is 1.78 bits per heavy atom. The van der Waals surface area contributed by atoms with Crippen LogP contribution in [0.25, 0.3) is 0 Å². The average molecular weight is 253 g/mol. The van der Waals surface area contributed by atoms with Crippen molar-refractivity contribution >= 4 is 0 Å². The lowest BCUT2D eigenvalue weighted by Gasteiger charge is -2.25. The van der Waals surface area contributed by atoms with Crippen molar-refractivity contribution in [2.75, 3.05) is 6.61 Å². The fourth-order valence-electron chi connectivity index (χ4n) is 1.70. The van der Waals surface area contributed by atoms with Crippen LogP contribution in [0.1, 0.15) is 45.8 Å². The summed E-state index contributed by atoms with van der Waals surface area (Å²) in [6, 6.07) is 6.24. The molecule has 3 heteroatoms. The minimum Gasteiger partial charge on any atom is -0.372 e. The lowest BCUT2D eigenvalue weighted by atomic mass is 9.93. The maximum Gasteiger partial charge on any atom is 0.123 e. The standard InChI is InChI=1S/C15H24FNO/c1-11(17)14(18-10-9-15(2,3)4)12-5-7-13(16)8-6-12/h5-8,11,14H,9-10,17H2,1-4H3. The highest BCUT2D eigenvalue weighted by molar-refractivity contribution is 5.19. The third-order valence-electron chi connectivity index (χ3n) is 2.83. The van der Waals surface area contributed by atoms with Crippen LogP contribution in [0, 0.1) is 11.2 Å². The van der Waals surface area contributed by atoms with E-state index in [1.54, 1.807) is 12.1 Å². The van der Waals surface area contributed by atoms with E-state index in [9.17, 15) is 4.39 Å². The van der Waals surface area contributed by atoms with Crippen molar-refractivity contribution in [2.24, 2.45) is 11.1 Å². The number of hydrogen-bond donors (Lipinski definition) is 1. The fraction of sp³-hybridized carbons (Fsp3) is 0.600. The number of halogens is 1. The van der Waals surface area contributed by atoms with Gasteiger partial charge in [0, 0.05) is 12.6 Å². The zero-order valence-electron chi connectivity index (χ0n) is 11.7. The normalized spacial score (nSPS) is 15.4. The number of rotatable bonds is 5. The van der Waals surface area contributed by atoms with Crippen LogP contribution < -0.4 is 5.73 Å². The second-order valence-electron chi connectivity index (χ2n) is 6.01. The molecule has 0 saturated heterocycles. The molecule has 1 rings (SSSR count). The van der Waals surface area contributed by atoms with Gasteiger partial charge in [-0.1, -0.05) is 32.9 Å². The van der Waals surface area contributed by atoms with Crippen molar-refractivity contribution in [3.63, 3.8) is 0 Å². The number of nitrogens with two attached hydrogens (primary N) is 1. The summed E-state index contributed by atoms with van der Waals surface area (Å²) in [5, 5.41) is 0. The van der Waals surface area contributed by atoms with Gasteiger partial charge in [0.1, 0.15) is 5.82 Å². The molecular formula is C15H24FNO. The first-order valence-electron chi connectivity index (χ1n) is 6.42. The van der Waals surface area contributed by atoms with E-state index < -0.39 is 0 Å². The number of hydrogen-bond acceptors (Lipinski definition) is 2. The minimum atomic E-state index is -0.239. The van der Waals surface area contributed by atoms with Crippen molar-refractivity contribution in [3.05, 3.63) is 35.6 Å². The van der Waals surface area contributed by atoms with Crippen LogP contribution in [0.5, 0.6) is 0 Å². The summed E-state index contributed by atoms with van der Waals surface area (Å²) in [5.74, 6) is -0.239. The highest BCUT2D eigenvalue weighted by Gasteiger charge is 2.18. The first kappa shape index (κ1) is 15.1. The molecule has 102 valence electrons. The first-order valence-corrected chi connectivity index (χ1v) is 6.42. The zero-order chi connectivity index (χ0) is 13.8. The van der Waals surface area contributed by atoms with Crippen LogP contribution in [-0.2, 0) is 4.74 Å². The topological polar surface area (TPSA) is 35.2 Å². The molecular weight excluding hydrogens is 229 g/mol. The van der Waals surface area contributed by atoms with E-state index in [0.717, 1.165) is 12.0 Å². The summed E-state index contributed by atoms with van der Waals surface area (Å²) in [7, 11) is 0. The Morgan fingerprint density at radius 1 is 1.22 bits per heavy atom. The van der Waals surface area contributed by atoms with E-state index in [0.29, 0.717) is 6.61 Å². The van der Waals surface area contributed by atoms with Gasteiger partial charge >= 0.3 is 0 Å². The molecule has 18 heavy (non-hydrogen) atoms. The van der Waals surface area contributed by atoms with E-state index in [2.05, 4.69) is 20.8 Å². The van der Waals surface area contributed by atoms with Gasteiger partial charge in [-0.3, -0.25) is 0 Å². The Labute approximate surface area is 109 Å². The van der Waals surface area contributed by atoms with E-state index in [1.807, 2.05) is 6.92 Å². The molecule has 0 amide bonds. The van der Waals surface area contributed by atoms with Crippen molar-refractivity contribution in [3.8, 4) is 0 Å². The van der Waals surface area contributed by atoms with Crippen LogP contribution >= 0.6 is 0 Å². The van der Waals surface area contributed by atoms with Gasteiger partial charge in [0.25, 0.3) is 0 Å². The van der Waals surface area contributed by atoms with Gasteiger partial charge in [-0.05, 0) is 36.5 Å². The van der Waals surface area contributed by atoms with Gasteiger partial charge in [0.05, 0.1) is 6.10 Å². The van der Waals surface area contributed by atoms with Crippen LogP contribution in [0.15, 0.2) is 24.3 Å². The van der Waals surface area contributed by atoms with E-state index in [1.165, 1.54) is 12.1 Å². The second kappa shape index (κ2) is 6.30. The van der Waals surface area contributed by atoms with Crippen LogP contribution in [0.4, 0.5) is 4.39 Å². The molecule has 0 fully saturated rings. The third-order valence-corrected chi connectivity index (χ3v) is 2.83. The largest absolute Gasteiger partial charge is 0.372 e. The van der Waals surface area contributed by atoms with Crippen LogP contribution in [0.3, 0.4) is 0 Å². The maximum atomic E-state index is 12.9. The van der Waals surface area contributed by atoms with Gasteiger partial charge in [-0.2, -0.15) is 0 Å². The molecule has 0 saturated carbocycles. The van der Waals surface area contributed by atoms with Gasteiger partial charge in [-0.25, -0.2) is 4.39 Å². The SMILES string of the molecule is CC(N)C(OCCC(C)(C)C)c1ccc(F)cc1. The number of benzene rings is 1. The summed E-state index contributed by atoms with van der Waals surface area (Å²) in [4.78, 5) is 0. The highest BCUT2D eigenvalue weighted by Crippen LogP contribution is 2.24. The average Bonchev–Trinajstić information content (AvgIpc) is 2.24. The molecule has 0 aliphatic carbocycles. The van der Waals surface area contributed by atoms with Gasteiger partial charge in [0.15, 0.2) is 0 Å². The first-order chi connectivity index (χ1) is 8.29. The fourth-order valence-corrected chi connectivity index (χ4v) is 1.70. The summed E-state index contributed by atoms with van der Waals surface area (Å²) in [6.45, 7) is 9.09. The predicted octanol–water partition coefficient (Wildman–Crippen LogP) is 3.67. The van der Waals surface area contributed by atoms with E-state index >= 15 is 0 Å². The molecule has 2 unspecified atom stereocenters. The maximum absolute atomic E-state index is 12.9. The molecule has 0 aliphatic rings. The Hall–Kier alpha value is -0.930. The van der Waals surface area contributed by atoms with Gasteiger partial charge in [0.2, 0.25) is 0 Å². The monoisotopic (exact) mass is 253 g/mol. The van der Waals surface area contributed by atoms with Crippen LogP contribution in [0.2, 0.25) is 0 Å². The molecule has 2 nitrogen and oxygen atoms in total. The molecule has 0 aliphatic heterocycles. The Kier molecular flexibility index (Phi) is 5.29. The molecule has 0 spiro atoms. The molecule has 2 atom stereocenters. The second-order valence-corrected chi connectivity index (χ2v) is 6.01. The summed E-state index contributed by atoms with van der Waals surface area (Å²) < 4.78 is 18.7. The molecule has 0 heterocycles. The Bertz CT molecular complexity index is 354. The summed E-state index contributed by atoms with van der Waals surface area (Å²) in [5.41, 5.74) is 7.11. The molecule has 0 radical (unpaired) electrons. The summed E-state index contributed by atoms with van der Waals surface area (Å²) >= 11 is 0.